The van der Waals surface area contributed by atoms with Crippen LogP contribution in [0.25, 0.3) is 22.6 Å². The van der Waals surface area contributed by atoms with Gasteiger partial charge < -0.3 is 14.4 Å². The van der Waals surface area contributed by atoms with Crippen LogP contribution in [-0.2, 0) is 6.61 Å². The summed E-state index contributed by atoms with van der Waals surface area (Å²) in [5, 5.41) is 14.4. The number of methoxy groups -OCH3 is 1. The van der Waals surface area contributed by atoms with Crippen molar-refractivity contribution in [2.24, 2.45) is 0 Å². The minimum Gasteiger partial charge on any atom is -0.497 e. The van der Waals surface area contributed by atoms with Crippen molar-refractivity contribution in [1.82, 2.24) is 5.16 Å². The summed E-state index contributed by atoms with van der Waals surface area (Å²) >= 11 is 6.20. The molecule has 1 heterocycles. The monoisotopic (exact) mass is 315 g/mol. The van der Waals surface area contributed by atoms with Crippen LogP contribution in [0.2, 0.25) is 5.02 Å². The van der Waals surface area contributed by atoms with Gasteiger partial charge in [-0.2, -0.15) is 0 Å². The number of aliphatic hydroxyl groups is 1. The van der Waals surface area contributed by atoms with Crippen LogP contribution < -0.4 is 4.74 Å². The first-order valence-electron chi connectivity index (χ1n) is 6.73. The van der Waals surface area contributed by atoms with E-state index in [-0.39, 0.29) is 6.61 Å². The van der Waals surface area contributed by atoms with Gasteiger partial charge in [0, 0.05) is 11.1 Å². The predicted molar refractivity (Wildman–Crippen MR) is 84.9 cm³/mol. The highest BCUT2D eigenvalue weighted by Gasteiger charge is 2.19. The molecule has 1 aromatic heterocycles. The number of nitrogens with zero attached hydrogens (tertiary/aromatic N) is 1. The number of hydrogen-bond acceptors (Lipinski definition) is 4. The van der Waals surface area contributed by atoms with Gasteiger partial charge in [-0.25, -0.2) is 0 Å². The molecule has 2 aromatic carbocycles. The molecule has 0 aliphatic rings. The first kappa shape index (κ1) is 14.6. The van der Waals surface area contributed by atoms with Gasteiger partial charge in [0.1, 0.15) is 11.4 Å². The third-order valence-electron chi connectivity index (χ3n) is 3.43. The molecular formula is C17H14ClNO3. The molecule has 0 radical (unpaired) electrons. The lowest BCUT2D eigenvalue weighted by atomic mass is 10.0. The predicted octanol–water partition coefficient (Wildman–Crippen LogP) is 4.16. The van der Waals surface area contributed by atoms with E-state index < -0.39 is 0 Å². The molecule has 0 aliphatic carbocycles. The smallest absolute Gasteiger partial charge is 0.174 e. The van der Waals surface area contributed by atoms with Crippen LogP contribution in [0.4, 0.5) is 0 Å². The number of benzene rings is 2. The van der Waals surface area contributed by atoms with Crippen molar-refractivity contribution in [1.29, 1.82) is 0 Å². The SMILES string of the molecule is COc1ccc(-c2noc(-c3ccccc3Cl)c2CO)cc1. The van der Waals surface area contributed by atoms with E-state index in [1.165, 1.54) is 0 Å². The molecule has 5 heteroatoms. The second-order valence-electron chi connectivity index (χ2n) is 4.71. The fourth-order valence-electron chi connectivity index (χ4n) is 2.29. The van der Waals surface area contributed by atoms with Crippen LogP contribution in [0, 0.1) is 0 Å². The molecule has 0 fully saturated rings. The zero-order valence-corrected chi connectivity index (χ0v) is 12.7. The third kappa shape index (κ3) is 2.58. The molecule has 0 atom stereocenters. The van der Waals surface area contributed by atoms with Crippen LogP contribution in [0.5, 0.6) is 5.75 Å². The topological polar surface area (TPSA) is 55.5 Å². The Morgan fingerprint density at radius 3 is 2.50 bits per heavy atom. The molecule has 4 nitrogen and oxygen atoms in total. The second-order valence-corrected chi connectivity index (χ2v) is 5.11. The molecular weight excluding hydrogens is 302 g/mol. The summed E-state index contributed by atoms with van der Waals surface area (Å²) in [4.78, 5) is 0. The molecule has 3 rings (SSSR count). The van der Waals surface area contributed by atoms with E-state index in [2.05, 4.69) is 5.16 Å². The molecule has 0 saturated carbocycles. The Hall–Kier alpha value is -2.30. The quantitative estimate of drug-likeness (QED) is 0.785. The number of rotatable bonds is 4. The van der Waals surface area contributed by atoms with Gasteiger partial charge >= 0.3 is 0 Å². The molecule has 3 aromatic rings. The van der Waals surface area contributed by atoms with Crippen molar-refractivity contribution in [3.8, 4) is 28.3 Å². The maximum absolute atomic E-state index is 9.73. The molecule has 0 bridgehead atoms. The van der Waals surface area contributed by atoms with Crippen molar-refractivity contribution in [2.75, 3.05) is 7.11 Å². The number of halogens is 1. The van der Waals surface area contributed by atoms with Gasteiger partial charge in [-0.15, -0.1) is 0 Å². The van der Waals surface area contributed by atoms with E-state index in [9.17, 15) is 5.11 Å². The van der Waals surface area contributed by atoms with Gasteiger partial charge in [0.05, 0.1) is 24.3 Å². The summed E-state index contributed by atoms with van der Waals surface area (Å²) in [6.07, 6.45) is 0. The molecule has 0 unspecified atom stereocenters. The third-order valence-corrected chi connectivity index (χ3v) is 3.76. The van der Waals surface area contributed by atoms with Gasteiger partial charge in [0.2, 0.25) is 0 Å². The maximum atomic E-state index is 9.73. The first-order chi connectivity index (χ1) is 10.7. The highest BCUT2D eigenvalue weighted by Crippen LogP contribution is 2.36. The van der Waals surface area contributed by atoms with Crippen LogP contribution in [0.3, 0.4) is 0 Å². The van der Waals surface area contributed by atoms with Gasteiger partial charge in [0.15, 0.2) is 5.76 Å². The average Bonchev–Trinajstić information content (AvgIpc) is 2.99. The summed E-state index contributed by atoms with van der Waals surface area (Å²) in [5.74, 6) is 1.24. The minimum absolute atomic E-state index is 0.189. The largest absolute Gasteiger partial charge is 0.497 e. The lowest BCUT2D eigenvalue weighted by Crippen LogP contribution is -1.90. The van der Waals surface area contributed by atoms with Gasteiger partial charge in [-0.3, -0.25) is 0 Å². The molecule has 0 saturated heterocycles. The molecule has 112 valence electrons. The van der Waals surface area contributed by atoms with Crippen molar-refractivity contribution < 1.29 is 14.4 Å². The lowest BCUT2D eigenvalue weighted by Gasteiger charge is -2.04. The summed E-state index contributed by atoms with van der Waals surface area (Å²) in [7, 11) is 1.61. The van der Waals surface area contributed by atoms with E-state index in [4.69, 9.17) is 20.9 Å². The zero-order valence-electron chi connectivity index (χ0n) is 11.9. The molecule has 0 spiro atoms. The van der Waals surface area contributed by atoms with E-state index in [1.807, 2.05) is 42.5 Å². The fraction of sp³-hybridized carbons (Fsp3) is 0.118. The highest BCUT2D eigenvalue weighted by atomic mass is 35.5. The Bertz CT molecular complexity index is 781. The van der Waals surface area contributed by atoms with Gasteiger partial charge in [-0.05, 0) is 36.4 Å². The average molecular weight is 316 g/mol. The Kier molecular flexibility index (Phi) is 4.13. The second kappa shape index (κ2) is 6.22. The Balaban J connectivity index is 2.09. The zero-order chi connectivity index (χ0) is 15.5. The number of aromatic nitrogens is 1. The standard InChI is InChI=1S/C17H14ClNO3/c1-21-12-8-6-11(7-9-12)16-14(10-20)17(22-19-16)13-4-2-3-5-15(13)18/h2-9,20H,10H2,1H3. The van der Waals surface area contributed by atoms with Gasteiger partial charge in [-0.1, -0.05) is 28.9 Å². The fourth-order valence-corrected chi connectivity index (χ4v) is 2.51. The number of hydrogen-bond donors (Lipinski definition) is 1. The minimum atomic E-state index is -0.189. The van der Waals surface area contributed by atoms with Crippen molar-refractivity contribution >= 4 is 11.6 Å². The van der Waals surface area contributed by atoms with Crippen LogP contribution in [0.15, 0.2) is 53.1 Å². The lowest BCUT2D eigenvalue weighted by molar-refractivity contribution is 0.281. The Morgan fingerprint density at radius 1 is 1.14 bits per heavy atom. The van der Waals surface area contributed by atoms with Crippen LogP contribution in [-0.4, -0.2) is 17.4 Å². The first-order valence-corrected chi connectivity index (χ1v) is 7.11. The van der Waals surface area contributed by atoms with Crippen molar-refractivity contribution in [3.05, 3.63) is 59.1 Å². The van der Waals surface area contributed by atoms with Gasteiger partial charge in [0.25, 0.3) is 0 Å². The van der Waals surface area contributed by atoms with E-state index >= 15 is 0 Å². The maximum Gasteiger partial charge on any atom is 0.174 e. The molecule has 0 amide bonds. The molecule has 22 heavy (non-hydrogen) atoms. The van der Waals surface area contributed by atoms with Crippen LogP contribution >= 0.6 is 11.6 Å². The van der Waals surface area contributed by atoms with E-state index in [0.717, 1.165) is 11.3 Å². The summed E-state index contributed by atoms with van der Waals surface area (Å²) in [6.45, 7) is -0.189. The van der Waals surface area contributed by atoms with Crippen molar-refractivity contribution in [2.45, 2.75) is 6.61 Å². The summed E-state index contributed by atoms with van der Waals surface area (Å²) in [6, 6.07) is 14.7. The summed E-state index contributed by atoms with van der Waals surface area (Å²) in [5.41, 5.74) is 2.76. The normalized spacial score (nSPS) is 10.7. The summed E-state index contributed by atoms with van der Waals surface area (Å²) < 4.78 is 10.6. The van der Waals surface area contributed by atoms with E-state index in [0.29, 0.717) is 27.6 Å². The Morgan fingerprint density at radius 2 is 1.86 bits per heavy atom. The number of aliphatic hydroxyl groups excluding tert-OH is 1. The number of ether oxygens (including phenoxy) is 1. The van der Waals surface area contributed by atoms with Crippen LogP contribution in [0.1, 0.15) is 5.56 Å². The van der Waals surface area contributed by atoms with E-state index in [1.54, 1.807) is 13.2 Å². The Labute approximate surface area is 132 Å². The molecule has 0 aliphatic heterocycles. The highest BCUT2D eigenvalue weighted by molar-refractivity contribution is 6.33. The van der Waals surface area contributed by atoms with Crippen molar-refractivity contribution in [3.63, 3.8) is 0 Å². The molecule has 1 N–H and O–H groups in total.